The molecule has 68 valence electrons. The van der Waals surface area contributed by atoms with E-state index in [2.05, 4.69) is 12.6 Å². The Bertz CT molecular complexity index is 197. The van der Waals surface area contributed by atoms with Gasteiger partial charge in [-0.2, -0.15) is 0 Å². The Balaban J connectivity index is 4.06. The third kappa shape index (κ3) is 4.12. The van der Waals surface area contributed by atoms with Crippen molar-refractivity contribution in [3.63, 3.8) is 0 Å². The number of carbonyl (C=O) groups is 3. The van der Waals surface area contributed by atoms with Gasteiger partial charge in [0.25, 0.3) is 0 Å². The van der Waals surface area contributed by atoms with Crippen molar-refractivity contribution in [2.75, 3.05) is 0 Å². The molecule has 0 aromatic rings. The number of carboxylic acids is 1. The van der Waals surface area contributed by atoms with Crippen molar-refractivity contribution in [2.45, 2.75) is 19.8 Å². The maximum atomic E-state index is 10.7. The second kappa shape index (κ2) is 4.92. The zero-order chi connectivity index (χ0) is 9.72. The van der Waals surface area contributed by atoms with Gasteiger partial charge in [-0.3, -0.25) is 14.4 Å². The number of thiol groups is 1. The second-order valence-electron chi connectivity index (χ2n) is 2.43. The van der Waals surface area contributed by atoms with E-state index in [4.69, 9.17) is 5.11 Å². The minimum atomic E-state index is -1.18. The Labute approximate surface area is 75.4 Å². The number of rotatable bonds is 5. The molecule has 1 N–H and O–H groups in total. The SMILES string of the molecule is CC(=O)C(CCC(=O)S)C(=O)O. The van der Waals surface area contributed by atoms with E-state index in [1.807, 2.05) is 0 Å². The summed E-state index contributed by atoms with van der Waals surface area (Å²) in [6, 6.07) is 0. The minimum Gasteiger partial charge on any atom is -0.481 e. The van der Waals surface area contributed by atoms with Crippen LogP contribution in [0.4, 0.5) is 0 Å². The van der Waals surface area contributed by atoms with Gasteiger partial charge in [-0.15, -0.1) is 12.6 Å². The summed E-state index contributed by atoms with van der Waals surface area (Å²) in [4.78, 5) is 31.4. The summed E-state index contributed by atoms with van der Waals surface area (Å²) in [5, 5.41) is 8.10. The highest BCUT2D eigenvalue weighted by Gasteiger charge is 2.22. The second-order valence-corrected chi connectivity index (χ2v) is 2.93. The molecule has 0 spiro atoms. The summed E-state index contributed by atoms with van der Waals surface area (Å²) in [7, 11) is 0. The molecule has 0 aliphatic rings. The van der Waals surface area contributed by atoms with E-state index in [0.717, 1.165) is 0 Å². The van der Waals surface area contributed by atoms with E-state index < -0.39 is 22.8 Å². The fourth-order valence-electron chi connectivity index (χ4n) is 0.768. The van der Waals surface area contributed by atoms with E-state index in [1.54, 1.807) is 0 Å². The van der Waals surface area contributed by atoms with Crippen LogP contribution >= 0.6 is 12.6 Å². The molecule has 0 radical (unpaired) electrons. The third-order valence-electron chi connectivity index (χ3n) is 1.44. The van der Waals surface area contributed by atoms with Gasteiger partial charge in [0, 0.05) is 6.42 Å². The minimum absolute atomic E-state index is 0.0135. The Hall–Kier alpha value is -0.840. The maximum Gasteiger partial charge on any atom is 0.314 e. The van der Waals surface area contributed by atoms with E-state index in [-0.39, 0.29) is 12.8 Å². The average Bonchev–Trinajstić information content (AvgIpc) is 1.84. The van der Waals surface area contributed by atoms with Gasteiger partial charge in [-0.1, -0.05) is 0 Å². The van der Waals surface area contributed by atoms with Crippen molar-refractivity contribution in [3.05, 3.63) is 0 Å². The lowest BCUT2D eigenvalue weighted by Gasteiger charge is -2.05. The number of aliphatic carboxylic acids is 1. The fourth-order valence-corrected chi connectivity index (χ4v) is 0.898. The van der Waals surface area contributed by atoms with Crippen molar-refractivity contribution < 1.29 is 19.5 Å². The summed E-state index contributed by atoms with van der Waals surface area (Å²) in [5.41, 5.74) is 0. The molecule has 1 unspecified atom stereocenters. The lowest BCUT2D eigenvalue weighted by Crippen LogP contribution is -2.21. The number of hydrogen-bond donors (Lipinski definition) is 2. The van der Waals surface area contributed by atoms with Crippen LogP contribution in [-0.2, 0) is 14.4 Å². The summed E-state index contributed by atoms with van der Waals surface area (Å²) in [6.07, 6.45) is 0.0483. The van der Waals surface area contributed by atoms with Gasteiger partial charge in [-0.25, -0.2) is 0 Å². The first-order chi connectivity index (χ1) is 5.45. The van der Waals surface area contributed by atoms with Crippen LogP contribution in [0.3, 0.4) is 0 Å². The molecule has 0 aromatic heterocycles. The Kier molecular flexibility index (Phi) is 4.58. The predicted molar refractivity (Wildman–Crippen MR) is 45.0 cm³/mol. The molecule has 4 nitrogen and oxygen atoms in total. The first kappa shape index (κ1) is 11.2. The summed E-state index contributed by atoms with van der Waals surface area (Å²) in [6.45, 7) is 1.20. The van der Waals surface area contributed by atoms with Crippen molar-refractivity contribution in [3.8, 4) is 0 Å². The van der Waals surface area contributed by atoms with Crippen molar-refractivity contribution in [1.29, 1.82) is 0 Å². The van der Waals surface area contributed by atoms with Gasteiger partial charge < -0.3 is 5.11 Å². The molecule has 0 aliphatic heterocycles. The van der Waals surface area contributed by atoms with Crippen molar-refractivity contribution in [2.24, 2.45) is 5.92 Å². The van der Waals surface area contributed by atoms with E-state index in [0.29, 0.717) is 0 Å². The van der Waals surface area contributed by atoms with Crippen LogP contribution in [0.2, 0.25) is 0 Å². The van der Waals surface area contributed by atoms with Crippen LogP contribution in [0.25, 0.3) is 0 Å². The molecule has 1 atom stereocenters. The largest absolute Gasteiger partial charge is 0.481 e. The molecule has 0 aromatic carbocycles. The molecule has 5 heteroatoms. The van der Waals surface area contributed by atoms with Gasteiger partial charge in [0.15, 0.2) is 5.12 Å². The monoisotopic (exact) mass is 190 g/mol. The Morgan fingerprint density at radius 1 is 1.42 bits per heavy atom. The summed E-state index contributed by atoms with van der Waals surface area (Å²) < 4.78 is 0. The van der Waals surface area contributed by atoms with Crippen LogP contribution < -0.4 is 0 Å². The fraction of sp³-hybridized carbons (Fsp3) is 0.571. The van der Waals surface area contributed by atoms with Gasteiger partial charge in [-0.05, 0) is 13.3 Å². The zero-order valence-electron chi connectivity index (χ0n) is 6.61. The normalized spacial score (nSPS) is 12.2. The molecule has 0 rings (SSSR count). The third-order valence-corrected chi connectivity index (χ3v) is 1.66. The molecule has 0 heterocycles. The quantitative estimate of drug-likeness (QED) is 0.489. The number of carboxylic acid groups (broad SMARTS) is 1. The first-order valence-electron chi connectivity index (χ1n) is 3.40. The van der Waals surface area contributed by atoms with Crippen molar-refractivity contribution in [1.82, 2.24) is 0 Å². The molecule has 12 heavy (non-hydrogen) atoms. The Morgan fingerprint density at radius 2 is 1.92 bits per heavy atom. The van der Waals surface area contributed by atoms with Crippen LogP contribution in [0.15, 0.2) is 0 Å². The number of carbonyl (C=O) groups excluding carboxylic acids is 2. The number of Topliss-reactive ketones (excluding diaryl/α,β-unsaturated/α-hetero) is 1. The Morgan fingerprint density at radius 3 is 2.17 bits per heavy atom. The smallest absolute Gasteiger partial charge is 0.314 e. The topological polar surface area (TPSA) is 71.4 Å². The van der Waals surface area contributed by atoms with Crippen molar-refractivity contribution >= 4 is 29.5 Å². The number of hydrogen-bond acceptors (Lipinski definition) is 3. The van der Waals surface area contributed by atoms with Gasteiger partial charge in [0.2, 0.25) is 0 Å². The molecular formula is C7H10O4S. The first-order valence-corrected chi connectivity index (χ1v) is 3.85. The van der Waals surface area contributed by atoms with Crippen LogP contribution in [0.1, 0.15) is 19.8 Å². The van der Waals surface area contributed by atoms with Gasteiger partial charge in [0.1, 0.15) is 11.7 Å². The van der Waals surface area contributed by atoms with Gasteiger partial charge >= 0.3 is 5.97 Å². The average molecular weight is 190 g/mol. The standard InChI is InChI=1S/C7H10O4S/c1-4(8)5(7(10)11)2-3-6(9)12/h5H,2-3H2,1H3,(H,9,12)(H,10,11). The van der Waals surface area contributed by atoms with E-state index in [1.165, 1.54) is 6.92 Å². The molecule has 0 bridgehead atoms. The molecular weight excluding hydrogens is 180 g/mol. The van der Waals surface area contributed by atoms with Gasteiger partial charge in [0.05, 0.1) is 0 Å². The molecule has 0 saturated carbocycles. The molecule has 0 aliphatic carbocycles. The van der Waals surface area contributed by atoms with E-state index in [9.17, 15) is 14.4 Å². The predicted octanol–water partition coefficient (Wildman–Crippen LogP) is 0.513. The van der Waals surface area contributed by atoms with Crippen LogP contribution in [-0.4, -0.2) is 22.0 Å². The molecule has 0 amide bonds. The van der Waals surface area contributed by atoms with E-state index >= 15 is 0 Å². The molecule has 0 saturated heterocycles. The molecule has 0 fully saturated rings. The lowest BCUT2D eigenvalue weighted by atomic mass is 10.00. The maximum absolute atomic E-state index is 10.7. The van der Waals surface area contributed by atoms with Crippen LogP contribution in [0.5, 0.6) is 0 Å². The number of ketones is 1. The summed E-state index contributed by atoms with van der Waals surface area (Å²) in [5.74, 6) is -2.68. The highest BCUT2D eigenvalue weighted by atomic mass is 32.1. The summed E-state index contributed by atoms with van der Waals surface area (Å²) >= 11 is 3.47. The van der Waals surface area contributed by atoms with Crippen LogP contribution in [0, 0.1) is 5.92 Å². The highest BCUT2D eigenvalue weighted by Crippen LogP contribution is 2.09. The zero-order valence-corrected chi connectivity index (χ0v) is 7.51. The lowest BCUT2D eigenvalue weighted by molar-refractivity contribution is -0.145. The highest BCUT2D eigenvalue weighted by molar-refractivity contribution is 7.96.